The van der Waals surface area contributed by atoms with Crippen LogP contribution in [0.1, 0.15) is 0 Å². The van der Waals surface area contributed by atoms with E-state index in [1.165, 1.54) is 42.1 Å². The van der Waals surface area contributed by atoms with Crippen LogP contribution < -0.4 is 4.90 Å². The third kappa shape index (κ3) is 4.55. The van der Waals surface area contributed by atoms with Crippen molar-refractivity contribution >= 4 is 81.3 Å². The Morgan fingerprint density at radius 3 is 1.96 bits per heavy atom. The molecule has 0 N–H and O–H groups in total. The van der Waals surface area contributed by atoms with Gasteiger partial charge in [0.1, 0.15) is 11.2 Å². The molecule has 0 radical (unpaired) electrons. The summed E-state index contributed by atoms with van der Waals surface area (Å²) in [4.78, 5) is 2.43. The summed E-state index contributed by atoms with van der Waals surface area (Å²) in [5.41, 5.74) is 9.92. The van der Waals surface area contributed by atoms with Crippen LogP contribution in [-0.4, -0.2) is 0 Å². The SMILES string of the molecule is c1ccc(N(c2ccc(-c3ccc4c(c3)oc3ccccc34)cc2)c2cccc3ccccc23)c(-c2cccc3sc4ccccc4c23)c1. The van der Waals surface area contributed by atoms with Crippen LogP contribution in [0.5, 0.6) is 0 Å². The number of anilines is 3. The molecule has 0 bridgehead atoms. The average molecular weight is 644 g/mol. The number of fused-ring (bicyclic) bond motifs is 7. The second-order valence-electron chi connectivity index (χ2n) is 12.5. The number of benzene rings is 8. The van der Waals surface area contributed by atoms with Crippen molar-refractivity contribution in [2.75, 3.05) is 4.90 Å². The molecule has 3 heteroatoms. The number of para-hydroxylation sites is 2. The molecule has 2 heterocycles. The van der Waals surface area contributed by atoms with Crippen molar-refractivity contribution in [1.29, 1.82) is 0 Å². The Balaban J connectivity index is 1.16. The van der Waals surface area contributed by atoms with Crippen LogP contribution in [-0.2, 0) is 0 Å². The van der Waals surface area contributed by atoms with Crippen LogP contribution in [0.25, 0.3) is 75.1 Å². The molecule has 0 saturated carbocycles. The molecule has 10 aromatic rings. The van der Waals surface area contributed by atoms with Gasteiger partial charge in [0.2, 0.25) is 0 Å². The normalized spacial score (nSPS) is 11.7. The largest absolute Gasteiger partial charge is 0.456 e. The van der Waals surface area contributed by atoms with Crippen molar-refractivity contribution in [3.05, 3.63) is 176 Å². The van der Waals surface area contributed by atoms with Crippen LogP contribution in [0.15, 0.2) is 180 Å². The van der Waals surface area contributed by atoms with E-state index in [1.807, 2.05) is 23.5 Å². The summed E-state index contributed by atoms with van der Waals surface area (Å²) in [6.45, 7) is 0. The van der Waals surface area contributed by atoms with E-state index in [9.17, 15) is 0 Å². The highest BCUT2D eigenvalue weighted by Crippen LogP contribution is 2.47. The van der Waals surface area contributed by atoms with Crippen LogP contribution in [0, 0.1) is 0 Å². The molecule has 230 valence electrons. The third-order valence-corrected chi connectivity index (χ3v) is 10.8. The number of rotatable bonds is 5. The molecular formula is C46H29NOS. The quantitative estimate of drug-likeness (QED) is 0.186. The Kier molecular flexibility index (Phi) is 6.39. The lowest BCUT2D eigenvalue weighted by molar-refractivity contribution is 0.669. The van der Waals surface area contributed by atoms with Gasteiger partial charge in [-0.05, 0) is 76.7 Å². The first-order valence-corrected chi connectivity index (χ1v) is 17.4. The summed E-state index contributed by atoms with van der Waals surface area (Å²) < 4.78 is 8.84. The van der Waals surface area contributed by atoms with Gasteiger partial charge in [0.15, 0.2) is 0 Å². The lowest BCUT2D eigenvalue weighted by Gasteiger charge is -2.29. The van der Waals surface area contributed by atoms with E-state index in [1.54, 1.807) is 0 Å². The maximum atomic E-state index is 6.23. The summed E-state index contributed by atoms with van der Waals surface area (Å²) >= 11 is 1.86. The fourth-order valence-electron chi connectivity index (χ4n) is 7.42. The van der Waals surface area contributed by atoms with E-state index in [0.717, 1.165) is 50.1 Å². The van der Waals surface area contributed by atoms with Gasteiger partial charge in [-0.1, -0.05) is 121 Å². The number of hydrogen-bond donors (Lipinski definition) is 0. The van der Waals surface area contributed by atoms with Gasteiger partial charge in [0.25, 0.3) is 0 Å². The monoisotopic (exact) mass is 643 g/mol. The minimum atomic E-state index is 0.907. The maximum Gasteiger partial charge on any atom is 0.136 e. The van der Waals surface area contributed by atoms with Crippen molar-refractivity contribution in [3.63, 3.8) is 0 Å². The first-order valence-electron chi connectivity index (χ1n) is 16.6. The van der Waals surface area contributed by atoms with Gasteiger partial charge >= 0.3 is 0 Å². The summed E-state index contributed by atoms with van der Waals surface area (Å²) in [6.07, 6.45) is 0. The van der Waals surface area contributed by atoms with E-state index >= 15 is 0 Å². The lowest BCUT2D eigenvalue weighted by Crippen LogP contribution is -2.11. The highest BCUT2D eigenvalue weighted by atomic mass is 32.1. The Morgan fingerprint density at radius 1 is 0.408 bits per heavy atom. The van der Waals surface area contributed by atoms with Crippen LogP contribution >= 0.6 is 11.3 Å². The Hall–Kier alpha value is -6.16. The molecule has 0 aliphatic rings. The smallest absolute Gasteiger partial charge is 0.136 e. The Bertz CT molecular complexity index is 2840. The predicted octanol–water partition coefficient (Wildman–Crippen LogP) is 13.9. The molecule has 0 unspecified atom stereocenters. The van der Waals surface area contributed by atoms with Crippen LogP contribution in [0.4, 0.5) is 17.1 Å². The molecule has 0 atom stereocenters. The van der Waals surface area contributed by atoms with E-state index in [4.69, 9.17) is 4.42 Å². The van der Waals surface area contributed by atoms with Gasteiger partial charge in [-0.2, -0.15) is 0 Å². The van der Waals surface area contributed by atoms with Gasteiger partial charge in [0.05, 0.1) is 11.4 Å². The lowest BCUT2D eigenvalue weighted by atomic mass is 9.96. The minimum absolute atomic E-state index is 0.907. The van der Waals surface area contributed by atoms with Gasteiger partial charge in [-0.25, -0.2) is 0 Å². The summed E-state index contributed by atoms with van der Waals surface area (Å²) in [7, 11) is 0. The molecule has 0 amide bonds. The Labute approximate surface area is 287 Å². The van der Waals surface area contributed by atoms with Gasteiger partial charge in [-0.3, -0.25) is 0 Å². The van der Waals surface area contributed by atoms with Crippen molar-refractivity contribution < 1.29 is 4.42 Å². The second kappa shape index (κ2) is 11.2. The highest BCUT2D eigenvalue weighted by molar-refractivity contribution is 7.25. The van der Waals surface area contributed by atoms with Crippen molar-refractivity contribution in [2.24, 2.45) is 0 Å². The minimum Gasteiger partial charge on any atom is -0.456 e. The number of nitrogens with zero attached hydrogens (tertiary/aromatic N) is 1. The van der Waals surface area contributed by atoms with Gasteiger partial charge in [0, 0.05) is 47.6 Å². The highest BCUT2D eigenvalue weighted by Gasteiger charge is 2.21. The average Bonchev–Trinajstić information content (AvgIpc) is 3.74. The molecule has 2 nitrogen and oxygen atoms in total. The third-order valence-electron chi connectivity index (χ3n) is 9.68. The number of hydrogen-bond acceptors (Lipinski definition) is 3. The zero-order valence-electron chi connectivity index (χ0n) is 26.5. The maximum absolute atomic E-state index is 6.23. The molecule has 49 heavy (non-hydrogen) atoms. The number of thiophene rings is 1. The molecule has 2 aromatic heterocycles. The van der Waals surface area contributed by atoms with Crippen molar-refractivity contribution in [1.82, 2.24) is 0 Å². The molecule has 0 saturated heterocycles. The standard InChI is InChI=1S/C46H29NOS/c1-2-13-34-31(11-1)12-9-19-40(34)47(33-26-23-30(24-27-33)32-25-28-37-36-15-4-7-20-42(36)48-43(37)29-32)41-18-6-3-14-35(41)38-17-10-22-45-46(38)39-16-5-8-21-44(39)49-45/h1-29H. The van der Waals surface area contributed by atoms with Gasteiger partial charge in [-0.15, -0.1) is 11.3 Å². The molecule has 0 aliphatic heterocycles. The first kappa shape index (κ1) is 27.9. The molecule has 0 aliphatic carbocycles. The topological polar surface area (TPSA) is 16.4 Å². The first-order chi connectivity index (χ1) is 24.3. The molecule has 10 rings (SSSR count). The molecule has 0 fully saturated rings. The van der Waals surface area contributed by atoms with E-state index in [0.29, 0.717) is 0 Å². The van der Waals surface area contributed by atoms with Crippen LogP contribution in [0.2, 0.25) is 0 Å². The van der Waals surface area contributed by atoms with Gasteiger partial charge < -0.3 is 9.32 Å². The molecular weight excluding hydrogens is 615 g/mol. The van der Waals surface area contributed by atoms with Crippen LogP contribution in [0.3, 0.4) is 0 Å². The molecule has 0 spiro atoms. The fraction of sp³-hybridized carbons (Fsp3) is 0. The fourth-order valence-corrected chi connectivity index (χ4v) is 8.55. The van der Waals surface area contributed by atoms with E-state index in [-0.39, 0.29) is 0 Å². The molecule has 8 aromatic carbocycles. The van der Waals surface area contributed by atoms with E-state index in [2.05, 4.69) is 169 Å². The summed E-state index contributed by atoms with van der Waals surface area (Å²) in [6, 6.07) is 63.3. The number of furan rings is 1. The Morgan fingerprint density at radius 2 is 1.04 bits per heavy atom. The zero-order chi connectivity index (χ0) is 32.3. The summed E-state index contributed by atoms with van der Waals surface area (Å²) in [5, 5.41) is 7.32. The van der Waals surface area contributed by atoms with Crippen molar-refractivity contribution in [2.45, 2.75) is 0 Å². The van der Waals surface area contributed by atoms with Crippen molar-refractivity contribution in [3.8, 4) is 22.3 Å². The van der Waals surface area contributed by atoms with E-state index < -0.39 is 0 Å². The predicted molar refractivity (Wildman–Crippen MR) is 210 cm³/mol. The second-order valence-corrected chi connectivity index (χ2v) is 13.6. The summed E-state index contributed by atoms with van der Waals surface area (Å²) in [5.74, 6) is 0. The zero-order valence-corrected chi connectivity index (χ0v) is 27.3.